The second-order valence-electron chi connectivity index (χ2n) is 4.04. The van der Waals surface area contributed by atoms with Crippen LogP contribution in [0.25, 0.3) is 0 Å². The Morgan fingerprint density at radius 3 is 2.88 bits per heavy atom. The van der Waals surface area contributed by atoms with Gasteiger partial charge in [0.2, 0.25) is 5.91 Å². The second kappa shape index (κ2) is 4.94. The van der Waals surface area contributed by atoms with Gasteiger partial charge >= 0.3 is 5.97 Å². The average Bonchev–Trinajstić information content (AvgIpc) is 2.81. The molecule has 7 heteroatoms. The predicted molar refractivity (Wildman–Crippen MR) is 57.0 cm³/mol. The number of aromatic nitrogens is 3. The number of aliphatic carboxylic acids is 1. The molecular formula is C10H14N4O3. The van der Waals surface area contributed by atoms with Crippen molar-refractivity contribution in [2.75, 3.05) is 6.54 Å². The maximum absolute atomic E-state index is 12.0. The number of carboxylic acids is 1. The van der Waals surface area contributed by atoms with Crippen LogP contribution in [0.15, 0.2) is 12.4 Å². The van der Waals surface area contributed by atoms with E-state index in [1.165, 1.54) is 15.8 Å². The molecule has 1 aromatic rings. The number of likely N-dealkylation sites (tertiary alicyclic amines) is 1. The van der Waals surface area contributed by atoms with Gasteiger partial charge in [0.15, 0.2) is 0 Å². The third-order valence-electron chi connectivity index (χ3n) is 2.88. The Balaban J connectivity index is 2.03. The van der Waals surface area contributed by atoms with Gasteiger partial charge in [0, 0.05) is 12.7 Å². The van der Waals surface area contributed by atoms with E-state index in [4.69, 9.17) is 5.11 Å². The van der Waals surface area contributed by atoms with Crippen LogP contribution in [0.1, 0.15) is 19.3 Å². The maximum atomic E-state index is 12.0. The number of carbonyl (C=O) groups excluding carboxylic acids is 1. The van der Waals surface area contributed by atoms with Crippen LogP contribution in [-0.4, -0.2) is 49.5 Å². The highest BCUT2D eigenvalue weighted by molar-refractivity contribution is 5.83. The summed E-state index contributed by atoms with van der Waals surface area (Å²) < 4.78 is 1.40. The zero-order valence-electron chi connectivity index (χ0n) is 9.32. The summed E-state index contributed by atoms with van der Waals surface area (Å²) in [6.45, 7) is 0.550. The molecule has 0 aromatic carbocycles. The van der Waals surface area contributed by atoms with E-state index in [-0.39, 0.29) is 12.5 Å². The van der Waals surface area contributed by atoms with Gasteiger partial charge in [0.1, 0.15) is 12.6 Å². The molecule has 0 saturated carbocycles. The fourth-order valence-corrected chi connectivity index (χ4v) is 2.03. The molecule has 1 unspecified atom stereocenters. The lowest BCUT2D eigenvalue weighted by Gasteiger charge is -2.32. The van der Waals surface area contributed by atoms with E-state index in [1.807, 2.05) is 0 Å². The fraction of sp³-hybridized carbons (Fsp3) is 0.600. The molecule has 1 saturated heterocycles. The molecule has 17 heavy (non-hydrogen) atoms. The summed E-state index contributed by atoms with van der Waals surface area (Å²) >= 11 is 0. The summed E-state index contributed by atoms with van der Waals surface area (Å²) in [5.74, 6) is -1.15. The highest BCUT2D eigenvalue weighted by atomic mass is 16.4. The van der Waals surface area contributed by atoms with Crippen molar-refractivity contribution in [3.63, 3.8) is 0 Å². The van der Waals surface area contributed by atoms with Crippen LogP contribution >= 0.6 is 0 Å². The minimum Gasteiger partial charge on any atom is -0.480 e. The predicted octanol–water partition coefficient (Wildman–Crippen LogP) is -0.256. The molecular weight excluding hydrogens is 224 g/mol. The topological polar surface area (TPSA) is 88.3 Å². The molecule has 1 aliphatic heterocycles. The van der Waals surface area contributed by atoms with Gasteiger partial charge < -0.3 is 10.0 Å². The molecule has 2 heterocycles. The van der Waals surface area contributed by atoms with Crippen molar-refractivity contribution in [1.82, 2.24) is 19.9 Å². The number of hydrogen-bond donors (Lipinski definition) is 1. The Hall–Kier alpha value is -1.92. The first kappa shape index (κ1) is 11.6. The maximum Gasteiger partial charge on any atom is 0.326 e. The summed E-state index contributed by atoms with van der Waals surface area (Å²) in [5, 5.41) is 16.3. The van der Waals surface area contributed by atoms with Gasteiger partial charge in [-0.15, -0.1) is 5.10 Å². The third-order valence-corrected chi connectivity index (χ3v) is 2.88. The zero-order chi connectivity index (χ0) is 12.3. The van der Waals surface area contributed by atoms with Crippen molar-refractivity contribution in [3.8, 4) is 0 Å². The number of nitrogens with zero attached hydrogens (tertiary/aromatic N) is 4. The molecule has 1 N–H and O–H groups in total. The Morgan fingerprint density at radius 1 is 1.41 bits per heavy atom. The lowest BCUT2D eigenvalue weighted by Crippen LogP contribution is -2.49. The molecule has 92 valence electrons. The average molecular weight is 238 g/mol. The van der Waals surface area contributed by atoms with Gasteiger partial charge in [0.25, 0.3) is 0 Å². The van der Waals surface area contributed by atoms with E-state index in [1.54, 1.807) is 6.20 Å². The summed E-state index contributed by atoms with van der Waals surface area (Å²) in [7, 11) is 0. The van der Waals surface area contributed by atoms with Gasteiger partial charge in [-0.25, -0.2) is 9.48 Å². The van der Waals surface area contributed by atoms with Crippen LogP contribution in [0, 0.1) is 0 Å². The number of rotatable bonds is 3. The van der Waals surface area contributed by atoms with Crippen molar-refractivity contribution in [3.05, 3.63) is 12.4 Å². The zero-order valence-corrected chi connectivity index (χ0v) is 9.32. The Morgan fingerprint density at radius 2 is 2.24 bits per heavy atom. The van der Waals surface area contributed by atoms with Crippen LogP contribution in [-0.2, 0) is 16.1 Å². The first-order chi connectivity index (χ1) is 8.18. The van der Waals surface area contributed by atoms with Crippen molar-refractivity contribution < 1.29 is 14.7 Å². The second-order valence-corrected chi connectivity index (χ2v) is 4.04. The molecule has 1 amide bonds. The van der Waals surface area contributed by atoms with Gasteiger partial charge in [-0.2, -0.15) is 0 Å². The standard InChI is InChI=1S/C10H14N4O3/c15-9(7-13-6-4-11-12-13)14-5-2-1-3-8(14)10(16)17/h4,6,8H,1-3,5,7H2,(H,16,17). The quantitative estimate of drug-likeness (QED) is 0.784. The summed E-state index contributed by atoms with van der Waals surface area (Å²) in [4.78, 5) is 24.4. The molecule has 7 nitrogen and oxygen atoms in total. The van der Waals surface area contributed by atoms with Crippen LogP contribution in [0.4, 0.5) is 0 Å². The number of carbonyl (C=O) groups is 2. The van der Waals surface area contributed by atoms with Gasteiger partial charge in [0.05, 0.1) is 6.20 Å². The molecule has 0 spiro atoms. The van der Waals surface area contributed by atoms with Gasteiger partial charge in [-0.3, -0.25) is 4.79 Å². The summed E-state index contributed by atoms with van der Waals surface area (Å²) in [6, 6.07) is -0.695. The van der Waals surface area contributed by atoms with Crippen molar-refractivity contribution in [2.45, 2.75) is 31.8 Å². The van der Waals surface area contributed by atoms with E-state index < -0.39 is 12.0 Å². The van der Waals surface area contributed by atoms with E-state index >= 15 is 0 Å². The molecule has 1 fully saturated rings. The number of amides is 1. The minimum atomic E-state index is -0.934. The molecule has 1 atom stereocenters. The van der Waals surface area contributed by atoms with E-state index in [9.17, 15) is 9.59 Å². The highest BCUT2D eigenvalue weighted by Crippen LogP contribution is 2.17. The van der Waals surface area contributed by atoms with Gasteiger partial charge in [-0.1, -0.05) is 5.21 Å². The number of piperidine rings is 1. The molecule has 1 aliphatic rings. The first-order valence-corrected chi connectivity index (χ1v) is 5.55. The Labute approximate surface area is 98.0 Å². The highest BCUT2D eigenvalue weighted by Gasteiger charge is 2.31. The Kier molecular flexibility index (Phi) is 3.36. The van der Waals surface area contributed by atoms with Crippen molar-refractivity contribution >= 4 is 11.9 Å². The van der Waals surface area contributed by atoms with Crippen molar-refractivity contribution in [2.24, 2.45) is 0 Å². The number of hydrogen-bond acceptors (Lipinski definition) is 4. The largest absolute Gasteiger partial charge is 0.480 e. The molecule has 0 bridgehead atoms. The lowest BCUT2D eigenvalue weighted by atomic mass is 10.0. The summed E-state index contributed by atoms with van der Waals surface area (Å²) in [5.41, 5.74) is 0. The minimum absolute atomic E-state index is 0.0454. The van der Waals surface area contributed by atoms with Crippen LogP contribution < -0.4 is 0 Å². The van der Waals surface area contributed by atoms with Crippen LogP contribution in [0.3, 0.4) is 0 Å². The Bertz CT molecular complexity index is 404. The van der Waals surface area contributed by atoms with E-state index in [2.05, 4.69) is 10.3 Å². The third kappa shape index (κ3) is 2.61. The van der Waals surface area contributed by atoms with Crippen LogP contribution in [0.2, 0.25) is 0 Å². The van der Waals surface area contributed by atoms with Crippen molar-refractivity contribution in [1.29, 1.82) is 0 Å². The normalized spacial score (nSPS) is 20.2. The number of carboxylic acid groups (broad SMARTS) is 1. The monoisotopic (exact) mass is 238 g/mol. The lowest BCUT2D eigenvalue weighted by molar-refractivity contribution is -0.152. The molecule has 0 aliphatic carbocycles. The van der Waals surface area contributed by atoms with E-state index in [0.717, 1.165) is 12.8 Å². The molecule has 2 rings (SSSR count). The van der Waals surface area contributed by atoms with Crippen LogP contribution in [0.5, 0.6) is 0 Å². The summed E-state index contributed by atoms with van der Waals surface area (Å²) in [6.07, 6.45) is 5.30. The fourth-order valence-electron chi connectivity index (χ4n) is 2.03. The first-order valence-electron chi connectivity index (χ1n) is 5.55. The SMILES string of the molecule is O=C(O)C1CCCCN1C(=O)Cn1ccnn1. The smallest absolute Gasteiger partial charge is 0.326 e. The molecule has 1 aromatic heterocycles. The van der Waals surface area contributed by atoms with Gasteiger partial charge in [-0.05, 0) is 19.3 Å². The van der Waals surface area contributed by atoms with E-state index in [0.29, 0.717) is 13.0 Å². The molecule has 0 radical (unpaired) electrons.